The number of fused-ring (bicyclic) bond motifs is 1. The lowest BCUT2D eigenvalue weighted by Crippen LogP contribution is -2.41. The van der Waals surface area contributed by atoms with Crippen molar-refractivity contribution in [2.75, 3.05) is 13.1 Å². The van der Waals surface area contributed by atoms with Crippen molar-refractivity contribution < 1.29 is 14.3 Å². The summed E-state index contributed by atoms with van der Waals surface area (Å²) in [7, 11) is 0. The molecule has 0 N–H and O–H groups in total. The zero-order valence-corrected chi connectivity index (χ0v) is 18.8. The molecule has 1 saturated heterocycles. The van der Waals surface area contributed by atoms with Crippen LogP contribution in [-0.2, 0) is 0 Å². The largest absolute Gasteiger partial charge is 0.467 e. The second-order valence-corrected chi connectivity index (χ2v) is 8.99. The highest BCUT2D eigenvalue weighted by atomic mass is 35.5. The van der Waals surface area contributed by atoms with Crippen LogP contribution in [0.2, 0.25) is 5.02 Å². The van der Waals surface area contributed by atoms with Crippen LogP contribution in [0.3, 0.4) is 0 Å². The fourth-order valence-corrected chi connectivity index (χ4v) is 4.96. The molecule has 0 atom stereocenters. The van der Waals surface area contributed by atoms with E-state index in [1.807, 2.05) is 77.7 Å². The predicted molar refractivity (Wildman–Crippen MR) is 127 cm³/mol. The Hall–Kier alpha value is -3.09. The molecule has 1 aliphatic heterocycles. The summed E-state index contributed by atoms with van der Waals surface area (Å²) in [5, 5.41) is 1.25. The summed E-state index contributed by atoms with van der Waals surface area (Å²) in [4.78, 5) is 19.6. The van der Waals surface area contributed by atoms with Crippen molar-refractivity contribution >= 4 is 39.1 Å². The van der Waals surface area contributed by atoms with Gasteiger partial charge < -0.3 is 14.4 Å². The Balaban J connectivity index is 1.23. The van der Waals surface area contributed by atoms with Crippen molar-refractivity contribution in [3.63, 3.8) is 0 Å². The minimum Gasteiger partial charge on any atom is -0.467 e. The zero-order valence-electron chi connectivity index (χ0n) is 17.2. The molecule has 32 heavy (non-hydrogen) atoms. The highest BCUT2D eigenvalue weighted by Crippen LogP contribution is 2.34. The number of hydrogen-bond acceptors (Lipinski definition) is 5. The van der Waals surface area contributed by atoms with Crippen LogP contribution in [0.4, 0.5) is 0 Å². The number of ether oxygens (including phenoxy) is 2. The van der Waals surface area contributed by atoms with Gasteiger partial charge in [0.15, 0.2) is 0 Å². The first-order valence-electron chi connectivity index (χ1n) is 10.5. The van der Waals surface area contributed by atoms with Crippen LogP contribution in [0.15, 0.2) is 72.8 Å². The highest BCUT2D eigenvalue weighted by Gasteiger charge is 2.27. The number of likely N-dealkylation sites (tertiary alicyclic amines) is 1. The molecule has 3 aromatic carbocycles. The Morgan fingerprint density at radius 2 is 1.72 bits per heavy atom. The molecule has 0 spiro atoms. The minimum atomic E-state index is -0.0262. The zero-order chi connectivity index (χ0) is 21.9. The summed E-state index contributed by atoms with van der Waals surface area (Å²) < 4.78 is 13.1. The smallest absolute Gasteiger partial charge is 0.274 e. The minimum absolute atomic E-state index is 0.0224. The van der Waals surface area contributed by atoms with Gasteiger partial charge in [-0.05, 0) is 36.4 Å². The fraction of sp³-hybridized carbons (Fsp3) is 0.200. The first-order valence-corrected chi connectivity index (χ1v) is 11.7. The van der Waals surface area contributed by atoms with E-state index in [0.717, 1.165) is 23.1 Å². The Bertz CT molecular complexity index is 1240. The van der Waals surface area contributed by atoms with E-state index in [0.29, 0.717) is 40.4 Å². The standard InChI is InChI=1S/C25H21ClN2O3S/c26-20-10-6-12-22-23(20)27-25(32-22)31-18-13-15-28(16-14-18)24(29)19-9-4-5-11-21(19)30-17-7-2-1-3-8-17/h1-12,18H,13-16H2. The van der Waals surface area contributed by atoms with E-state index in [2.05, 4.69) is 4.98 Å². The number of carbonyl (C=O) groups excluding carboxylic acids is 1. The van der Waals surface area contributed by atoms with Crippen LogP contribution in [0.5, 0.6) is 16.7 Å². The molecule has 5 nitrogen and oxygen atoms in total. The summed E-state index contributed by atoms with van der Waals surface area (Å²) in [6.07, 6.45) is 1.52. The van der Waals surface area contributed by atoms with Gasteiger partial charge in [-0.15, -0.1) is 0 Å². The average Bonchev–Trinajstić information content (AvgIpc) is 3.24. The molecule has 162 valence electrons. The van der Waals surface area contributed by atoms with Gasteiger partial charge in [0, 0.05) is 25.9 Å². The number of thiazole rings is 1. The predicted octanol–water partition coefficient (Wildman–Crippen LogP) is 6.43. The number of nitrogens with zero attached hydrogens (tertiary/aromatic N) is 2. The van der Waals surface area contributed by atoms with E-state index in [-0.39, 0.29) is 12.0 Å². The molecule has 1 fully saturated rings. The molecule has 0 aliphatic carbocycles. The topological polar surface area (TPSA) is 51.7 Å². The van der Waals surface area contributed by atoms with Gasteiger partial charge in [-0.3, -0.25) is 4.79 Å². The number of aromatic nitrogens is 1. The summed E-state index contributed by atoms with van der Waals surface area (Å²) in [5.41, 5.74) is 1.34. The van der Waals surface area contributed by atoms with Crippen molar-refractivity contribution in [2.45, 2.75) is 18.9 Å². The molecule has 0 bridgehead atoms. The molecule has 5 rings (SSSR count). The van der Waals surface area contributed by atoms with Crippen LogP contribution in [0.25, 0.3) is 10.2 Å². The first-order chi connectivity index (χ1) is 15.7. The number of piperidine rings is 1. The average molecular weight is 465 g/mol. The molecule has 1 aliphatic rings. The van der Waals surface area contributed by atoms with Crippen molar-refractivity contribution in [3.8, 4) is 16.7 Å². The summed E-state index contributed by atoms with van der Waals surface area (Å²) in [6.45, 7) is 1.24. The van der Waals surface area contributed by atoms with Crippen LogP contribution >= 0.6 is 22.9 Å². The van der Waals surface area contributed by atoms with E-state index in [1.54, 1.807) is 0 Å². The van der Waals surface area contributed by atoms with E-state index < -0.39 is 0 Å². The van der Waals surface area contributed by atoms with Crippen molar-refractivity contribution in [2.24, 2.45) is 0 Å². The van der Waals surface area contributed by atoms with Crippen molar-refractivity contribution in [1.29, 1.82) is 0 Å². The maximum atomic E-state index is 13.2. The molecule has 1 amide bonds. The van der Waals surface area contributed by atoms with Gasteiger partial charge in [-0.25, -0.2) is 4.98 Å². The quantitative estimate of drug-likeness (QED) is 0.341. The number of halogens is 1. The van der Waals surface area contributed by atoms with E-state index in [1.165, 1.54) is 11.3 Å². The maximum absolute atomic E-state index is 13.2. The Morgan fingerprint density at radius 3 is 2.50 bits per heavy atom. The number of rotatable bonds is 5. The van der Waals surface area contributed by atoms with E-state index in [4.69, 9.17) is 21.1 Å². The molecule has 7 heteroatoms. The van der Waals surface area contributed by atoms with Gasteiger partial charge in [-0.2, -0.15) is 0 Å². The fourth-order valence-electron chi connectivity index (χ4n) is 3.78. The molecule has 4 aromatic rings. The third kappa shape index (κ3) is 4.42. The van der Waals surface area contributed by atoms with Crippen molar-refractivity contribution in [1.82, 2.24) is 9.88 Å². The van der Waals surface area contributed by atoms with Gasteiger partial charge in [0.05, 0.1) is 15.3 Å². The number of carbonyl (C=O) groups is 1. The SMILES string of the molecule is O=C(c1ccccc1Oc1ccccc1)N1CCC(Oc2nc3c(Cl)cccc3s2)CC1. The maximum Gasteiger partial charge on any atom is 0.274 e. The number of benzene rings is 3. The lowest BCUT2D eigenvalue weighted by Gasteiger charge is -2.32. The molecule has 2 heterocycles. The molecule has 0 saturated carbocycles. The van der Waals surface area contributed by atoms with Gasteiger partial charge >= 0.3 is 0 Å². The molecule has 0 radical (unpaired) electrons. The van der Waals surface area contributed by atoms with Crippen LogP contribution < -0.4 is 9.47 Å². The summed E-state index contributed by atoms with van der Waals surface area (Å²) in [6, 6.07) is 22.6. The summed E-state index contributed by atoms with van der Waals surface area (Å²) >= 11 is 7.72. The second kappa shape index (κ2) is 9.18. The van der Waals surface area contributed by atoms with Gasteiger partial charge in [0.25, 0.3) is 11.1 Å². The number of para-hydroxylation sites is 3. The van der Waals surface area contributed by atoms with E-state index in [9.17, 15) is 4.79 Å². The van der Waals surface area contributed by atoms with Gasteiger partial charge in [0.1, 0.15) is 23.1 Å². The Morgan fingerprint density at radius 1 is 0.969 bits per heavy atom. The van der Waals surface area contributed by atoms with Gasteiger partial charge in [0.2, 0.25) is 0 Å². The first kappa shape index (κ1) is 20.8. The Kier molecular flexibility index (Phi) is 5.97. The summed E-state index contributed by atoms with van der Waals surface area (Å²) in [5.74, 6) is 1.24. The normalized spacial score (nSPS) is 14.5. The molecule has 1 aromatic heterocycles. The second-order valence-electron chi connectivity index (χ2n) is 7.59. The lowest BCUT2D eigenvalue weighted by atomic mass is 10.1. The molecular weight excluding hydrogens is 444 g/mol. The van der Waals surface area contributed by atoms with E-state index >= 15 is 0 Å². The van der Waals surface area contributed by atoms with Crippen LogP contribution in [0, 0.1) is 0 Å². The number of amides is 1. The molecular formula is C25H21ClN2O3S. The van der Waals surface area contributed by atoms with Crippen molar-refractivity contribution in [3.05, 3.63) is 83.4 Å². The third-order valence-electron chi connectivity index (χ3n) is 5.44. The van der Waals surface area contributed by atoms with Crippen LogP contribution in [0.1, 0.15) is 23.2 Å². The number of hydrogen-bond donors (Lipinski definition) is 0. The molecule has 0 unspecified atom stereocenters. The monoisotopic (exact) mass is 464 g/mol. The lowest BCUT2D eigenvalue weighted by molar-refractivity contribution is 0.0593. The Labute approximate surface area is 195 Å². The third-order valence-corrected chi connectivity index (χ3v) is 6.65. The van der Waals surface area contributed by atoms with Gasteiger partial charge in [-0.1, -0.05) is 59.3 Å². The highest BCUT2D eigenvalue weighted by molar-refractivity contribution is 7.20. The van der Waals surface area contributed by atoms with Crippen LogP contribution in [-0.4, -0.2) is 35.0 Å².